The third kappa shape index (κ3) is 54.7. The number of rotatable bonds is 0. The summed E-state index contributed by atoms with van der Waals surface area (Å²) in [6.45, 7) is 0. The Morgan fingerprint density at radius 3 is 0.625 bits per heavy atom. The van der Waals surface area contributed by atoms with E-state index in [2.05, 4.69) is 187 Å². The molecular formula is C8H16I12Te4. The van der Waals surface area contributed by atoms with Crippen LogP contribution in [0.25, 0.3) is 0 Å². The first kappa shape index (κ1) is 43.0. The zero-order chi connectivity index (χ0) is 17.8. The van der Waals surface area contributed by atoms with Gasteiger partial charge in [-0.3, -0.25) is 0 Å². The quantitative estimate of drug-likeness (QED) is 0.243. The molecule has 2 heterocycles. The summed E-state index contributed by atoms with van der Waals surface area (Å²) < 4.78 is 4.29. The van der Waals surface area contributed by atoms with E-state index in [-0.39, 0.29) is 79.2 Å². The van der Waals surface area contributed by atoms with E-state index in [0.29, 0.717) is 0 Å². The Morgan fingerprint density at radius 2 is 0.583 bits per heavy atom. The fraction of sp³-hybridized carbons (Fsp3) is 1.00. The minimum absolute atomic E-state index is 0. The summed E-state index contributed by atoms with van der Waals surface area (Å²) in [5, 5.41) is 0. The fourth-order valence-corrected chi connectivity index (χ4v) is 16.7. The van der Waals surface area contributed by atoms with E-state index < -0.39 is 4.80 Å². The molecule has 0 saturated carbocycles. The van der Waals surface area contributed by atoms with Gasteiger partial charge in [0.05, 0.1) is 0 Å². The average Bonchev–Trinajstić information content (AvgIpc) is 2.87. The maximum absolute atomic E-state index is 2.70. The van der Waals surface area contributed by atoms with Gasteiger partial charge >= 0.3 is 267 Å². The standard InChI is InChI=1S/2C4H8ITe.2I4Te.2HI/c2*5-6-3-1-2-4-6;2*1-5(2,3)4;;/h2*1-4H2;;;2*1H/q2*+1;;;;/p-2. The van der Waals surface area contributed by atoms with Crippen LogP contribution in [-0.4, -0.2) is 36.0 Å². The summed E-state index contributed by atoms with van der Waals surface area (Å²) in [5.41, 5.74) is 0. The van der Waals surface area contributed by atoms with Gasteiger partial charge in [-0.2, -0.15) is 0 Å². The van der Waals surface area contributed by atoms with Crippen LogP contribution in [0.15, 0.2) is 0 Å². The molecule has 2 saturated heterocycles. The molecule has 0 spiro atoms. The molecule has 0 aromatic rings. The molecule has 0 N–H and O–H groups in total. The largest absolute Gasteiger partial charge is 1.00 e. The van der Waals surface area contributed by atoms with Crippen LogP contribution in [-0.2, 0) is 0 Å². The Hall–Kier alpha value is 11.9. The van der Waals surface area contributed by atoms with Crippen LogP contribution < -0.4 is 48.0 Å². The summed E-state index contributed by atoms with van der Waals surface area (Å²) in [6, 6.07) is 0. The van der Waals surface area contributed by atoms with Crippen LogP contribution in [0.4, 0.5) is 0 Å². The molecule has 0 aliphatic carbocycles. The van der Waals surface area contributed by atoms with Gasteiger partial charge in [0.25, 0.3) is 0 Å². The number of hydrogen-bond donors (Lipinski definition) is 0. The average molecular weight is 2150 g/mol. The van der Waals surface area contributed by atoms with Gasteiger partial charge in [0, 0.05) is 0 Å². The van der Waals surface area contributed by atoms with E-state index in [1.165, 1.54) is 0 Å². The van der Waals surface area contributed by atoms with E-state index >= 15 is 0 Å². The van der Waals surface area contributed by atoms with Gasteiger partial charge < -0.3 is 48.0 Å². The summed E-state index contributed by atoms with van der Waals surface area (Å²) in [4.78, 5) is 0. The maximum atomic E-state index is 2.70. The van der Waals surface area contributed by atoms with Crippen molar-refractivity contribution < 1.29 is 48.0 Å². The van der Waals surface area contributed by atoms with Gasteiger partial charge in [-0.25, -0.2) is 0 Å². The monoisotopic (exact) mass is 2150 g/mol. The van der Waals surface area contributed by atoms with Crippen LogP contribution in [0.1, 0.15) is 25.7 Å². The van der Waals surface area contributed by atoms with Gasteiger partial charge in [-0.05, 0) is 0 Å². The van der Waals surface area contributed by atoms with Crippen LogP contribution in [0, 0.1) is 0 Å². The van der Waals surface area contributed by atoms with Gasteiger partial charge in [0.1, 0.15) is 0 Å². The normalized spacial score (nSPS) is 19.1. The minimum atomic E-state index is -1.14. The van der Waals surface area contributed by atoms with E-state index in [1.807, 2.05) is 0 Å². The van der Waals surface area contributed by atoms with Crippen molar-refractivity contribution in [1.29, 1.82) is 0 Å². The molecule has 0 bridgehead atoms. The molecule has 16 heteroatoms. The molecule has 156 valence electrons. The topological polar surface area (TPSA) is 0 Å². The second-order valence-electron chi connectivity index (χ2n) is 3.78. The smallest absolute Gasteiger partial charge is 1.00 e. The Bertz CT molecular complexity index is 210. The second-order valence-corrected chi connectivity index (χ2v) is 241. The Balaban J connectivity index is -0.000000109. The molecule has 0 unspecified atom stereocenters. The maximum Gasteiger partial charge on any atom is -1.00 e. The zero-order valence-corrected chi connectivity index (χ0v) is 47.0. The van der Waals surface area contributed by atoms with Crippen molar-refractivity contribution in [3.63, 3.8) is 0 Å². The molecule has 2 fully saturated rings. The summed E-state index contributed by atoms with van der Waals surface area (Å²) in [6.07, 6.45) is 6.22. The Morgan fingerprint density at radius 1 is 0.458 bits per heavy atom. The molecule has 2 aliphatic heterocycles. The van der Waals surface area contributed by atoms with E-state index in [9.17, 15) is 0 Å². The van der Waals surface area contributed by atoms with Crippen LogP contribution in [0.2, 0.25) is 17.9 Å². The Labute approximate surface area is 302 Å². The molecule has 0 aromatic heterocycles. The van der Waals surface area contributed by atoms with Gasteiger partial charge in [0.15, 0.2) is 0 Å². The summed E-state index contributed by atoms with van der Waals surface area (Å²) in [7, 11) is 0. The molecule has 0 amide bonds. The minimum Gasteiger partial charge on any atom is -1.00 e. The van der Waals surface area contributed by atoms with Crippen molar-refractivity contribution in [2.45, 2.75) is 43.6 Å². The molecule has 2 aliphatic rings. The van der Waals surface area contributed by atoms with Crippen LogP contribution in [0.3, 0.4) is 0 Å². The molecule has 0 aromatic carbocycles. The zero-order valence-electron chi connectivity index (χ0n) is 11.8. The third-order valence-electron chi connectivity index (χ3n) is 1.96. The predicted octanol–water partition coefficient (Wildman–Crippen LogP) is 4.75. The van der Waals surface area contributed by atoms with Crippen molar-refractivity contribution in [2.75, 3.05) is 0 Å². The van der Waals surface area contributed by atoms with Crippen molar-refractivity contribution in [1.82, 2.24) is 0 Å². The van der Waals surface area contributed by atoms with Crippen molar-refractivity contribution in [3.8, 4) is 0 Å². The molecule has 0 atom stereocenters. The SMILES string of the molecule is I[Te+]1CCCC1.I[Te+]1CCCC1.I[Te](I)(I)I.I[Te](I)(I)I.[I-].[I-]. The van der Waals surface area contributed by atoms with Crippen LogP contribution >= 0.6 is 187 Å². The van der Waals surface area contributed by atoms with Gasteiger partial charge in [-0.15, -0.1) is 0 Å². The first-order chi connectivity index (χ1) is 9.79. The first-order valence-corrected chi connectivity index (χ1v) is 80.2. The third-order valence-corrected chi connectivity index (χ3v) is 22.1. The van der Waals surface area contributed by atoms with E-state index in [4.69, 9.17) is 0 Å². The summed E-state index contributed by atoms with van der Waals surface area (Å²) >= 11 is 25.0. The molecular weight excluding hydrogens is 2130 g/mol. The predicted molar refractivity (Wildman–Crippen MR) is 201 cm³/mol. The van der Waals surface area contributed by atoms with Crippen molar-refractivity contribution >= 4 is 223 Å². The van der Waals surface area contributed by atoms with Gasteiger partial charge in [0.2, 0.25) is 0 Å². The van der Waals surface area contributed by atoms with Crippen molar-refractivity contribution in [3.05, 3.63) is 0 Å². The van der Waals surface area contributed by atoms with E-state index in [0.717, 1.165) is 0 Å². The molecule has 0 nitrogen and oxygen atoms in total. The van der Waals surface area contributed by atoms with Crippen LogP contribution in [0.5, 0.6) is 0 Å². The molecule has 0 radical (unpaired) electrons. The second kappa shape index (κ2) is 27.9. The number of hydrogen-bond acceptors (Lipinski definition) is 0. The summed E-state index contributed by atoms with van der Waals surface area (Å²) in [5.74, 6) is 0. The number of halogens is 12. The van der Waals surface area contributed by atoms with E-state index in [1.54, 1.807) is 43.6 Å². The fourth-order valence-electron chi connectivity index (χ4n) is 1.24. The Kier molecular flexibility index (Phi) is 50.0. The molecule has 2 rings (SSSR count). The van der Waals surface area contributed by atoms with Crippen molar-refractivity contribution in [2.24, 2.45) is 0 Å². The van der Waals surface area contributed by atoms with Gasteiger partial charge in [-0.1, -0.05) is 0 Å². The molecule has 24 heavy (non-hydrogen) atoms. The first-order valence-electron chi connectivity index (χ1n) is 5.70.